The maximum absolute atomic E-state index is 11.5. The van der Waals surface area contributed by atoms with Crippen LogP contribution in [0.15, 0.2) is 0 Å². The molecule has 0 aromatic rings. The summed E-state index contributed by atoms with van der Waals surface area (Å²) in [5.41, 5.74) is 4.86. The van der Waals surface area contributed by atoms with Crippen molar-refractivity contribution in [2.24, 2.45) is 11.7 Å². The van der Waals surface area contributed by atoms with Gasteiger partial charge in [-0.25, -0.2) is 0 Å². The summed E-state index contributed by atoms with van der Waals surface area (Å²) in [6.45, 7) is 7.22. The van der Waals surface area contributed by atoms with Gasteiger partial charge in [0.1, 0.15) is 0 Å². The van der Waals surface area contributed by atoms with Crippen LogP contribution in [0.5, 0.6) is 0 Å². The number of nitrogens with two attached hydrogens (primary N) is 1. The Balaban J connectivity index is 1.94. The molecule has 1 saturated heterocycles. The van der Waals surface area contributed by atoms with E-state index in [4.69, 9.17) is 15.2 Å². The topological polar surface area (TPSA) is 73.6 Å². The highest BCUT2D eigenvalue weighted by Gasteiger charge is 2.20. The number of hydrogen-bond acceptors (Lipinski definition) is 4. The van der Waals surface area contributed by atoms with Crippen molar-refractivity contribution >= 4 is 5.91 Å². The number of hydrogen-bond donors (Lipinski definition) is 2. The van der Waals surface area contributed by atoms with Gasteiger partial charge in [-0.1, -0.05) is 0 Å². The van der Waals surface area contributed by atoms with Crippen molar-refractivity contribution < 1.29 is 14.3 Å². The molecule has 3 N–H and O–H groups in total. The zero-order valence-electron chi connectivity index (χ0n) is 11.5. The highest BCUT2D eigenvalue weighted by Crippen LogP contribution is 2.14. The van der Waals surface area contributed by atoms with Gasteiger partial charge in [-0.15, -0.1) is 0 Å². The highest BCUT2D eigenvalue weighted by molar-refractivity contribution is 5.84. The molecule has 0 aliphatic carbocycles. The molecule has 0 spiro atoms. The highest BCUT2D eigenvalue weighted by atomic mass is 16.5. The molecule has 0 aromatic heterocycles. The van der Waals surface area contributed by atoms with Gasteiger partial charge in [0, 0.05) is 33.0 Å². The lowest BCUT2D eigenvalue weighted by molar-refractivity contribution is -0.125. The van der Waals surface area contributed by atoms with Crippen molar-refractivity contribution in [1.29, 1.82) is 0 Å². The maximum atomic E-state index is 11.5. The number of ether oxygens (including phenoxy) is 2. The molecule has 106 valence electrons. The summed E-state index contributed by atoms with van der Waals surface area (Å²) < 4.78 is 10.9. The molecule has 5 nitrogen and oxygen atoms in total. The minimum Gasteiger partial charge on any atom is -0.381 e. The molecule has 0 bridgehead atoms. The lowest BCUT2D eigenvalue weighted by Crippen LogP contribution is -2.49. The zero-order valence-corrected chi connectivity index (χ0v) is 11.5. The number of carbonyl (C=O) groups excluding carboxylic acids is 1. The molecule has 1 amide bonds. The molecule has 0 atom stereocenters. The zero-order chi connectivity index (χ0) is 13.4. The van der Waals surface area contributed by atoms with Crippen LogP contribution < -0.4 is 11.1 Å². The summed E-state index contributed by atoms with van der Waals surface area (Å²) >= 11 is 0. The Morgan fingerprint density at radius 2 is 2.11 bits per heavy atom. The SMILES string of the molecule is CC(C)(N)C(=O)NCCCOCC1CCOCC1. The van der Waals surface area contributed by atoms with Crippen LogP contribution in [0.25, 0.3) is 0 Å². The molecule has 18 heavy (non-hydrogen) atoms. The van der Waals surface area contributed by atoms with Crippen molar-refractivity contribution in [3.05, 3.63) is 0 Å². The minimum atomic E-state index is -0.803. The molecule has 1 aliphatic rings. The Morgan fingerprint density at radius 1 is 1.44 bits per heavy atom. The molecule has 0 aromatic carbocycles. The molecule has 1 heterocycles. The monoisotopic (exact) mass is 258 g/mol. The summed E-state index contributed by atoms with van der Waals surface area (Å²) in [6.07, 6.45) is 3.02. The van der Waals surface area contributed by atoms with Crippen LogP contribution >= 0.6 is 0 Å². The van der Waals surface area contributed by atoms with Gasteiger partial charge in [0.25, 0.3) is 0 Å². The lowest BCUT2D eigenvalue weighted by atomic mass is 10.0. The van der Waals surface area contributed by atoms with Crippen molar-refractivity contribution in [2.45, 2.75) is 38.6 Å². The Hall–Kier alpha value is -0.650. The molecule has 1 aliphatic heterocycles. The van der Waals surface area contributed by atoms with E-state index in [1.807, 2.05) is 0 Å². The van der Waals surface area contributed by atoms with Crippen molar-refractivity contribution in [2.75, 3.05) is 33.0 Å². The van der Waals surface area contributed by atoms with E-state index in [0.717, 1.165) is 39.1 Å². The first-order valence-corrected chi connectivity index (χ1v) is 6.73. The first kappa shape index (κ1) is 15.4. The second kappa shape index (κ2) is 7.71. The minimum absolute atomic E-state index is 0.119. The number of amides is 1. The molecule has 1 rings (SSSR count). The van der Waals surface area contributed by atoms with E-state index in [-0.39, 0.29) is 5.91 Å². The third-order valence-corrected chi connectivity index (χ3v) is 3.03. The predicted molar refractivity (Wildman–Crippen MR) is 70.3 cm³/mol. The van der Waals surface area contributed by atoms with E-state index in [2.05, 4.69) is 5.32 Å². The van der Waals surface area contributed by atoms with E-state index in [0.29, 0.717) is 19.1 Å². The Morgan fingerprint density at radius 3 is 2.72 bits per heavy atom. The largest absolute Gasteiger partial charge is 0.381 e. The van der Waals surface area contributed by atoms with E-state index in [1.165, 1.54) is 0 Å². The van der Waals surface area contributed by atoms with E-state index in [1.54, 1.807) is 13.8 Å². The average Bonchev–Trinajstić information content (AvgIpc) is 2.33. The molecule has 1 fully saturated rings. The summed E-state index contributed by atoms with van der Waals surface area (Å²) in [5.74, 6) is 0.517. The number of carbonyl (C=O) groups is 1. The summed E-state index contributed by atoms with van der Waals surface area (Å²) in [6, 6.07) is 0. The number of rotatable bonds is 7. The summed E-state index contributed by atoms with van der Waals surface area (Å²) in [5, 5.41) is 2.80. The van der Waals surface area contributed by atoms with Crippen LogP contribution in [0, 0.1) is 5.92 Å². The van der Waals surface area contributed by atoms with Crippen LogP contribution in [-0.2, 0) is 14.3 Å². The van der Waals surface area contributed by atoms with Crippen molar-refractivity contribution in [3.63, 3.8) is 0 Å². The average molecular weight is 258 g/mol. The van der Waals surface area contributed by atoms with Gasteiger partial charge < -0.3 is 20.5 Å². The van der Waals surface area contributed by atoms with Gasteiger partial charge in [-0.2, -0.15) is 0 Å². The van der Waals surface area contributed by atoms with Crippen LogP contribution in [0.3, 0.4) is 0 Å². The second-order valence-electron chi connectivity index (χ2n) is 5.46. The third-order valence-electron chi connectivity index (χ3n) is 3.03. The lowest BCUT2D eigenvalue weighted by Gasteiger charge is -2.21. The van der Waals surface area contributed by atoms with Gasteiger partial charge >= 0.3 is 0 Å². The maximum Gasteiger partial charge on any atom is 0.239 e. The van der Waals surface area contributed by atoms with Crippen molar-refractivity contribution in [1.82, 2.24) is 5.32 Å². The fourth-order valence-electron chi connectivity index (χ4n) is 1.77. The van der Waals surface area contributed by atoms with Gasteiger partial charge in [0.2, 0.25) is 5.91 Å². The molecular weight excluding hydrogens is 232 g/mol. The molecule has 0 saturated carbocycles. The second-order valence-corrected chi connectivity index (χ2v) is 5.46. The normalized spacial score (nSPS) is 17.7. The smallest absolute Gasteiger partial charge is 0.239 e. The Labute approximate surface area is 109 Å². The molecule has 0 radical (unpaired) electrons. The molecule has 5 heteroatoms. The fraction of sp³-hybridized carbons (Fsp3) is 0.923. The van der Waals surface area contributed by atoms with Crippen LogP contribution in [0.2, 0.25) is 0 Å². The first-order chi connectivity index (χ1) is 8.50. The Kier molecular flexibility index (Phi) is 6.60. The standard InChI is InChI=1S/C13H26N2O3/c1-13(2,14)12(16)15-6-3-7-18-10-11-4-8-17-9-5-11/h11H,3-10,14H2,1-2H3,(H,15,16). The predicted octanol–water partition coefficient (Wildman–Crippen LogP) is 0.673. The van der Waals surface area contributed by atoms with E-state index < -0.39 is 5.54 Å². The van der Waals surface area contributed by atoms with E-state index in [9.17, 15) is 4.79 Å². The van der Waals surface area contributed by atoms with Gasteiger partial charge in [-0.05, 0) is 39.0 Å². The third kappa shape index (κ3) is 6.33. The molecular formula is C13H26N2O3. The van der Waals surface area contributed by atoms with Gasteiger partial charge in [0.15, 0.2) is 0 Å². The van der Waals surface area contributed by atoms with Crippen molar-refractivity contribution in [3.8, 4) is 0 Å². The quantitative estimate of drug-likeness (QED) is 0.658. The van der Waals surface area contributed by atoms with Crippen LogP contribution in [0.4, 0.5) is 0 Å². The van der Waals surface area contributed by atoms with Gasteiger partial charge in [-0.3, -0.25) is 4.79 Å². The first-order valence-electron chi connectivity index (χ1n) is 6.73. The van der Waals surface area contributed by atoms with E-state index >= 15 is 0 Å². The number of nitrogens with one attached hydrogen (secondary N) is 1. The summed E-state index contributed by atoms with van der Waals surface area (Å²) in [4.78, 5) is 11.5. The van der Waals surface area contributed by atoms with Gasteiger partial charge in [0.05, 0.1) is 5.54 Å². The van der Waals surface area contributed by atoms with Crippen LogP contribution in [-0.4, -0.2) is 44.4 Å². The molecule has 0 unspecified atom stereocenters. The summed E-state index contributed by atoms with van der Waals surface area (Å²) in [7, 11) is 0. The fourth-order valence-corrected chi connectivity index (χ4v) is 1.77. The van der Waals surface area contributed by atoms with Crippen LogP contribution in [0.1, 0.15) is 33.1 Å². The Bertz CT molecular complexity index is 245.